The molecule has 15 heavy (non-hydrogen) atoms. The van der Waals surface area contributed by atoms with E-state index in [2.05, 4.69) is 4.74 Å². The second-order valence-electron chi connectivity index (χ2n) is 3.35. The summed E-state index contributed by atoms with van der Waals surface area (Å²) in [5.41, 5.74) is 3.63. The first-order chi connectivity index (χ1) is 6.81. The van der Waals surface area contributed by atoms with Gasteiger partial charge in [0.15, 0.2) is 0 Å². The number of carbonyl (C=O) groups is 1. The maximum absolute atomic E-state index is 12.3. The summed E-state index contributed by atoms with van der Waals surface area (Å²) in [6, 6.07) is 0. The quantitative estimate of drug-likeness (QED) is 0.729. The second-order valence-corrected chi connectivity index (χ2v) is 3.35. The third kappa shape index (κ3) is 4.07. The van der Waals surface area contributed by atoms with Gasteiger partial charge in [0.25, 0.3) is 0 Å². The normalized spacial score (nSPS) is 15.9. The molecule has 0 saturated carbocycles. The van der Waals surface area contributed by atoms with Gasteiger partial charge >= 0.3 is 12.1 Å². The summed E-state index contributed by atoms with van der Waals surface area (Å²) in [6.45, 7) is 2.73. The summed E-state index contributed by atoms with van der Waals surface area (Å²) in [7, 11) is 0. The maximum Gasteiger partial charge on any atom is 0.390 e. The highest BCUT2D eigenvalue weighted by Crippen LogP contribution is 2.36. The number of hydrogen-bond acceptors (Lipinski definition) is 3. The topological polar surface area (TPSA) is 52.3 Å². The molecule has 0 rings (SSSR count). The van der Waals surface area contributed by atoms with Crippen molar-refractivity contribution in [3.8, 4) is 0 Å². The molecular weight excluding hydrogens is 211 g/mol. The van der Waals surface area contributed by atoms with Crippen LogP contribution in [0.3, 0.4) is 0 Å². The smallest absolute Gasteiger partial charge is 0.390 e. The Morgan fingerprint density at radius 3 is 2.13 bits per heavy atom. The highest BCUT2D eigenvalue weighted by molar-refractivity contribution is 5.77. The van der Waals surface area contributed by atoms with E-state index in [4.69, 9.17) is 5.73 Å². The van der Waals surface area contributed by atoms with Crippen LogP contribution < -0.4 is 5.73 Å². The Morgan fingerprint density at radius 2 is 1.87 bits per heavy atom. The Labute approximate surface area is 86.8 Å². The van der Waals surface area contributed by atoms with Crippen molar-refractivity contribution in [1.29, 1.82) is 0 Å². The summed E-state index contributed by atoms with van der Waals surface area (Å²) in [5.74, 6) is -0.868. The number of halogens is 3. The molecule has 1 atom stereocenters. The standard InChI is InChI=1S/C9H16F3NO2/c1-3-8(6-13,5-9(10,11)12)7(14)15-4-2/h3-6,13H2,1-2H3. The van der Waals surface area contributed by atoms with Crippen molar-refractivity contribution in [2.75, 3.05) is 13.2 Å². The molecular formula is C9H16F3NO2. The molecule has 0 radical (unpaired) electrons. The number of nitrogens with two attached hydrogens (primary N) is 1. The Kier molecular flexibility index (Phi) is 5.07. The van der Waals surface area contributed by atoms with Gasteiger partial charge in [-0.3, -0.25) is 4.79 Å². The van der Waals surface area contributed by atoms with Crippen molar-refractivity contribution in [3.05, 3.63) is 0 Å². The summed E-state index contributed by atoms with van der Waals surface area (Å²) < 4.78 is 41.4. The van der Waals surface area contributed by atoms with Gasteiger partial charge in [-0.05, 0) is 13.3 Å². The first kappa shape index (κ1) is 14.2. The predicted octanol–water partition coefficient (Wildman–Crippen LogP) is 1.86. The van der Waals surface area contributed by atoms with Gasteiger partial charge in [0.05, 0.1) is 18.4 Å². The lowest BCUT2D eigenvalue weighted by Crippen LogP contribution is -2.43. The molecule has 0 bridgehead atoms. The van der Waals surface area contributed by atoms with Crippen LogP contribution in [0.4, 0.5) is 13.2 Å². The average molecular weight is 227 g/mol. The fraction of sp³-hybridized carbons (Fsp3) is 0.889. The Balaban J connectivity index is 4.79. The molecule has 0 aliphatic rings. The fourth-order valence-corrected chi connectivity index (χ4v) is 1.31. The van der Waals surface area contributed by atoms with E-state index in [1.807, 2.05) is 0 Å². The van der Waals surface area contributed by atoms with Gasteiger partial charge in [-0.1, -0.05) is 6.92 Å². The van der Waals surface area contributed by atoms with Gasteiger partial charge in [0, 0.05) is 6.54 Å². The molecule has 2 N–H and O–H groups in total. The average Bonchev–Trinajstić information content (AvgIpc) is 2.13. The maximum atomic E-state index is 12.3. The molecule has 0 fully saturated rings. The number of rotatable bonds is 5. The zero-order valence-corrected chi connectivity index (χ0v) is 8.86. The van der Waals surface area contributed by atoms with Crippen molar-refractivity contribution in [1.82, 2.24) is 0 Å². The summed E-state index contributed by atoms with van der Waals surface area (Å²) in [4.78, 5) is 11.4. The van der Waals surface area contributed by atoms with E-state index in [0.29, 0.717) is 0 Å². The Bertz CT molecular complexity index is 212. The molecule has 0 heterocycles. The molecule has 90 valence electrons. The van der Waals surface area contributed by atoms with Gasteiger partial charge in [0.1, 0.15) is 0 Å². The molecule has 0 aromatic carbocycles. The van der Waals surface area contributed by atoms with Crippen LogP contribution in [0.2, 0.25) is 0 Å². The largest absolute Gasteiger partial charge is 0.466 e. The van der Waals surface area contributed by atoms with E-state index >= 15 is 0 Å². The highest BCUT2D eigenvalue weighted by atomic mass is 19.4. The van der Waals surface area contributed by atoms with E-state index in [0.717, 1.165) is 0 Å². The minimum atomic E-state index is -4.41. The number of alkyl halides is 3. The van der Waals surface area contributed by atoms with Crippen LogP contribution >= 0.6 is 0 Å². The first-order valence-electron chi connectivity index (χ1n) is 4.75. The lowest BCUT2D eigenvalue weighted by molar-refractivity contribution is -0.182. The fourth-order valence-electron chi connectivity index (χ4n) is 1.31. The number of carbonyl (C=O) groups excluding carboxylic acids is 1. The molecule has 0 aromatic rings. The van der Waals surface area contributed by atoms with Crippen LogP contribution in [-0.4, -0.2) is 25.3 Å². The SMILES string of the molecule is CCOC(=O)C(CC)(CN)CC(F)(F)F. The predicted molar refractivity (Wildman–Crippen MR) is 49.1 cm³/mol. The summed E-state index contributed by atoms with van der Waals surface area (Å²) in [5, 5.41) is 0. The number of ether oxygens (including phenoxy) is 1. The molecule has 1 unspecified atom stereocenters. The van der Waals surface area contributed by atoms with Crippen molar-refractivity contribution >= 4 is 5.97 Å². The minimum Gasteiger partial charge on any atom is -0.466 e. The molecule has 0 aliphatic carbocycles. The first-order valence-corrected chi connectivity index (χ1v) is 4.75. The molecule has 0 aliphatic heterocycles. The van der Waals surface area contributed by atoms with Gasteiger partial charge in [-0.15, -0.1) is 0 Å². The van der Waals surface area contributed by atoms with Crippen LogP contribution in [0.15, 0.2) is 0 Å². The van der Waals surface area contributed by atoms with Crippen molar-refractivity contribution in [2.24, 2.45) is 11.1 Å². The van der Waals surface area contributed by atoms with E-state index < -0.39 is 24.0 Å². The molecule has 6 heteroatoms. The summed E-state index contributed by atoms with van der Waals surface area (Å²) in [6.07, 6.45) is -5.63. The van der Waals surface area contributed by atoms with Crippen molar-refractivity contribution in [2.45, 2.75) is 32.9 Å². The Hall–Kier alpha value is -0.780. The van der Waals surface area contributed by atoms with Gasteiger partial charge in [0.2, 0.25) is 0 Å². The highest BCUT2D eigenvalue weighted by Gasteiger charge is 2.46. The Morgan fingerprint density at radius 1 is 1.33 bits per heavy atom. The minimum absolute atomic E-state index is 0.0157. The third-order valence-electron chi connectivity index (χ3n) is 2.31. The van der Waals surface area contributed by atoms with Gasteiger partial charge in [-0.25, -0.2) is 0 Å². The lowest BCUT2D eigenvalue weighted by atomic mass is 9.81. The molecule has 3 nitrogen and oxygen atoms in total. The number of hydrogen-bond donors (Lipinski definition) is 1. The zero-order chi connectivity index (χ0) is 12.1. The molecule has 0 amide bonds. The van der Waals surface area contributed by atoms with Crippen LogP contribution in [-0.2, 0) is 9.53 Å². The molecule has 0 saturated heterocycles. The number of esters is 1. The summed E-state index contributed by atoms with van der Waals surface area (Å²) >= 11 is 0. The van der Waals surface area contributed by atoms with E-state index in [9.17, 15) is 18.0 Å². The van der Waals surface area contributed by atoms with Crippen molar-refractivity contribution in [3.63, 3.8) is 0 Å². The van der Waals surface area contributed by atoms with Crippen LogP contribution in [0.25, 0.3) is 0 Å². The van der Waals surface area contributed by atoms with E-state index in [-0.39, 0.29) is 19.6 Å². The van der Waals surface area contributed by atoms with Gasteiger partial charge in [-0.2, -0.15) is 13.2 Å². The van der Waals surface area contributed by atoms with E-state index in [1.165, 1.54) is 6.92 Å². The monoisotopic (exact) mass is 227 g/mol. The van der Waals surface area contributed by atoms with Crippen LogP contribution in [0.5, 0.6) is 0 Å². The van der Waals surface area contributed by atoms with Crippen LogP contribution in [0.1, 0.15) is 26.7 Å². The third-order valence-corrected chi connectivity index (χ3v) is 2.31. The second kappa shape index (κ2) is 5.34. The van der Waals surface area contributed by atoms with E-state index in [1.54, 1.807) is 6.92 Å². The molecule has 0 aromatic heterocycles. The van der Waals surface area contributed by atoms with Gasteiger partial charge < -0.3 is 10.5 Å². The molecule has 0 spiro atoms. The van der Waals surface area contributed by atoms with Crippen LogP contribution in [0, 0.1) is 5.41 Å². The van der Waals surface area contributed by atoms with Crippen molar-refractivity contribution < 1.29 is 22.7 Å². The lowest BCUT2D eigenvalue weighted by Gasteiger charge is -2.29. The zero-order valence-electron chi connectivity index (χ0n) is 8.86.